The Morgan fingerprint density at radius 1 is 0.789 bits per heavy atom. The van der Waals surface area contributed by atoms with Crippen molar-refractivity contribution < 1.29 is 0 Å². The Morgan fingerprint density at radius 3 is 1.26 bits per heavy atom. The molecule has 0 atom stereocenters. The molecule has 0 aromatic rings. The fourth-order valence-corrected chi connectivity index (χ4v) is 47.3. The van der Waals surface area contributed by atoms with Gasteiger partial charge in [-0.25, -0.2) is 0 Å². The Hall–Kier alpha value is 1.16. The Labute approximate surface area is 131 Å². The summed E-state index contributed by atoms with van der Waals surface area (Å²) in [6, 6.07) is 0. The molecular weight excluding hydrogens is 367 g/mol. The van der Waals surface area contributed by atoms with Gasteiger partial charge in [-0.1, -0.05) is 0 Å². The van der Waals surface area contributed by atoms with E-state index in [9.17, 15) is 0 Å². The number of halogens is 1. The van der Waals surface area contributed by atoms with Gasteiger partial charge in [-0.05, 0) is 0 Å². The van der Waals surface area contributed by atoms with Crippen molar-refractivity contribution in [1.29, 1.82) is 0 Å². The van der Waals surface area contributed by atoms with E-state index in [1.165, 1.54) is 0 Å². The molecule has 0 rings (SSSR count). The van der Waals surface area contributed by atoms with Crippen LogP contribution in [0.15, 0.2) is 9.66 Å². The molecule has 2 nitrogen and oxygen atoms in total. The van der Waals surface area contributed by atoms with Gasteiger partial charge in [0.1, 0.15) is 0 Å². The van der Waals surface area contributed by atoms with Crippen LogP contribution in [0.3, 0.4) is 0 Å². The van der Waals surface area contributed by atoms with Crippen LogP contribution in [-0.2, 0) is 0 Å². The summed E-state index contributed by atoms with van der Waals surface area (Å²) in [6.07, 6.45) is 0. The molecule has 0 aliphatic carbocycles. The van der Waals surface area contributed by atoms with Crippen molar-refractivity contribution in [2.24, 2.45) is 9.66 Å². The van der Waals surface area contributed by atoms with Crippen LogP contribution in [0.4, 0.5) is 0 Å². The van der Waals surface area contributed by atoms with Crippen LogP contribution in [0.1, 0.15) is 13.8 Å². The molecule has 0 radical (unpaired) electrons. The number of hydrogen-bond donors (Lipinski definition) is 0. The van der Waals surface area contributed by atoms with Crippen LogP contribution in [0.25, 0.3) is 0 Å². The van der Waals surface area contributed by atoms with Gasteiger partial charge < -0.3 is 0 Å². The zero-order valence-corrected chi connectivity index (χ0v) is 20.3. The van der Waals surface area contributed by atoms with Crippen LogP contribution < -0.4 is 0 Å². The van der Waals surface area contributed by atoms with Gasteiger partial charge in [-0.3, -0.25) is 0 Å². The molecule has 0 spiro atoms. The summed E-state index contributed by atoms with van der Waals surface area (Å²) in [4.78, 5) is 5.26. The van der Waals surface area contributed by atoms with Gasteiger partial charge in [0.2, 0.25) is 0 Å². The van der Waals surface area contributed by atoms with Crippen molar-refractivity contribution in [3.8, 4) is 0 Å². The molecule has 0 bridgehead atoms. The number of nitrogens with zero attached hydrogens (tertiary/aromatic N) is 2. The first kappa shape index (κ1) is 20.2. The fourth-order valence-electron chi connectivity index (χ4n) is 3.15. The van der Waals surface area contributed by atoms with Crippen molar-refractivity contribution in [1.82, 2.24) is 0 Å². The molecular formula is C12H34BrN2PSi3. The monoisotopic (exact) mass is 400 g/mol. The van der Waals surface area contributed by atoms with Gasteiger partial charge in [-0.2, -0.15) is 0 Å². The second-order valence-electron chi connectivity index (χ2n) is 8.82. The third-order valence-electron chi connectivity index (χ3n) is 4.01. The summed E-state index contributed by atoms with van der Waals surface area (Å²) < 4.78 is 2.60. The van der Waals surface area contributed by atoms with E-state index in [1.807, 2.05) is 0 Å². The first-order chi connectivity index (χ1) is 7.98. The molecule has 0 aromatic heterocycles. The maximum atomic E-state index is 5.26. The van der Waals surface area contributed by atoms with Crippen LogP contribution in [0.2, 0.25) is 58.9 Å². The van der Waals surface area contributed by atoms with E-state index in [0.717, 1.165) is 0 Å². The Bertz CT molecular complexity index is 351. The maximum absolute atomic E-state index is 5.26. The van der Waals surface area contributed by atoms with Crippen LogP contribution >= 0.6 is 20.0 Å². The fraction of sp³-hybridized carbons (Fsp3) is 1.00. The topological polar surface area (TPSA) is 24.7 Å². The van der Waals surface area contributed by atoms with Crippen LogP contribution in [0, 0.1) is 0 Å². The third-order valence-corrected chi connectivity index (χ3v) is 65.4. The molecule has 19 heavy (non-hydrogen) atoms. The predicted octanol–water partition coefficient (Wildman–Crippen LogP) is 7.13. The van der Waals surface area contributed by atoms with E-state index in [-0.39, 0.29) is 0 Å². The molecule has 0 aromatic carbocycles. The summed E-state index contributed by atoms with van der Waals surface area (Å²) in [5, 5.41) is 0. The van der Waals surface area contributed by atoms with Crippen molar-refractivity contribution >= 4 is 43.8 Å². The Kier molecular flexibility index (Phi) is 5.75. The SMILES string of the molecule is CC(C)P(Br)(N=N[Si](C)(C)C)([Si](C)(C)C)[Si](C)(C)C. The zero-order valence-electron chi connectivity index (χ0n) is 14.8. The molecule has 0 aliphatic heterocycles. The van der Waals surface area contributed by atoms with E-state index in [2.05, 4.69) is 88.3 Å². The first-order valence-corrected chi connectivity index (χ1v) is 23.6. The minimum absolute atomic E-state index is 0.587. The average Bonchev–Trinajstić information content (AvgIpc) is 2.08. The molecule has 116 valence electrons. The van der Waals surface area contributed by atoms with Crippen molar-refractivity contribution in [2.75, 3.05) is 0 Å². The Morgan fingerprint density at radius 2 is 1.11 bits per heavy atom. The standard InChI is InChI=1S/C12H34BrN2PSi3/c1-12(2)16(13,18(6,7)8,19(9,10)11)14-15-17(3,4)5/h12H,1-11H3. The summed E-state index contributed by atoms with van der Waals surface area (Å²) in [7, 11) is -4.49. The number of rotatable bonds is 5. The first-order valence-electron chi connectivity index (χ1n) is 7.15. The molecule has 7 heteroatoms. The van der Waals surface area contributed by atoms with Crippen LogP contribution in [0.5, 0.6) is 0 Å². The van der Waals surface area contributed by atoms with Gasteiger partial charge in [0.05, 0.1) is 0 Å². The normalized spacial score (nSPS) is 17.8. The molecule has 0 amide bonds. The summed E-state index contributed by atoms with van der Waals surface area (Å²) in [6.45, 7) is 26.5. The zero-order chi connectivity index (χ0) is 15.9. The van der Waals surface area contributed by atoms with E-state index < -0.39 is 28.3 Å². The molecule has 0 heterocycles. The van der Waals surface area contributed by atoms with Gasteiger partial charge in [-0.15, -0.1) is 0 Å². The van der Waals surface area contributed by atoms with E-state index >= 15 is 0 Å². The van der Waals surface area contributed by atoms with Gasteiger partial charge >= 0.3 is 132 Å². The average molecular weight is 402 g/mol. The molecule has 0 saturated heterocycles. The minimum atomic E-state index is -2.30. The Balaban J connectivity index is 6.39. The van der Waals surface area contributed by atoms with Gasteiger partial charge in [0.25, 0.3) is 0 Å². The predicted molar refractivity (Wildman–Crippen MR) is 106 cm³/mol. The summed E-state index contributed by atoms with van der Waals surface area (Å²) in [5.74, 6) is 0. The van der Waals surface area contributed by atoms with Crippen molar-refractivity contribution in [2.45, 2.75) is 78.4 Å². The second kappa shape index (κ2) is 5.42. The van der Waals surface area contributed by atoms with Crippen LogP contribution in [-0.4, -0.2) is 29.4 Å². The summed E-state index contributed by atoms with van der Waals surface area (Å²) in [5.41, 5.74) is 0.587. The third kappa shape index (κ3) is 3.33. The van der Waals surface area contributed by atoms with E-state index in [4.69, 9.17) is 9.66 Å². The molecule has 0 N–H and O–H groups in total. The van der Waals surface area contributed by atoms with Gasteiger partial charge in [0.15, 0.2) is 0 Å². The summed E-state index contributed by atoms with van der Waals surface area (Å²) >= 11 is 4.37. The van der Waals surface area contributed by atoms with Crippen molar-refractivity contribution in [3.63, 3.8) is 0 Å². The molecule has 0 aliphatic rings. The second-order valence-corrected chi connectivity index (χ2v) is 48.4. The van der Waals surface area contributed by atoms with Gasteiger partial charge in [0, 0.05) is 0 Å². The van der Waals surface area contributed by atoms with Crippen molar-refractivity contribution in [3.05, 3.63) is 0 Å². The quantitative estimate of drug-likeness (QED) is 0.266. The molecule has 0 saturated carbocycles. The van der Waals surface area contributed by atoms with E-state index in [0.29, 0.717) is 5.66 Å². The number of hydrogen-bond acceptors (Lipinski definition) is 2. The van der Waals surface area contributed by atoms with E-state index in [1.54, 1.807) is 0 Å². The molecule has 0 unspecified atom stereocenters. The molecule has 0 fully saturated rings.